The van der Waals surface area contributed by atoms with Crippen molar-refractivity contribution in [3.05, 3.63) is 11.1 Å². The lowest BCUT2D eigenvalue weighted by Gasteiger charge is -2.63. The Morgan fingerprint density at radius 1 is 0.545 bits per heavy atom. The molecule has 8 aliphatic rings. The molecular weight excluding hydrogens is 264 g/mol. The smallest absolute Gasteiger partial charge is 0.0105 e. The van der Waals surface area contributed by atoms with Crippen molar-refractivity contribution in [1.82, 2.24) is 0 Å². The van der Waals surface area contributed by atoms with E-state index in [1.165, 1.54) is 0 Å². The highest BCUT2D eigenvalue weighted by Crippen LogP contribution is 2.69. The lowest BCUT2D eigenvalue weighted by Crippen LogP contribution is -2.52. The summed E-state index contributed by atoms with van der Waals surface area (Å²) in [5, 5.41) is 0. The average molecular weight is 296 g/mol. The average Bonchev–Trinajstić information content (AvgIpc) is 2.38. The van der Waals surface area contributed by atoms with Crippen molar-refractivity contribution < 1.29 is 0 Å². The molecule has 0 heteroatoms. The topological polar surface area (TPSA) is 0 Å². The second-order valence-electron chi connectivity index (χ2n) is 11.0. The Morgan fingerprint density at radius 3 is 1.14 bits per heavy atom. The molecule has 0 N–H and O–H groups in total. The largest absolute Gasteiger partial charge is 0.0611 e. The Kier molecular flexibility index (Phi) is 2.30. The Hall–Kier alpha value is -0.260. The number of allylic oxidation sites excluding steroid dienone is 2. The minimum atomic E-state index is 0.627. The van der Waals surface area contributed by atoms with E-state index in [1.54, 1.807) is 64.2 Å². The summed E-state index contributed by atoms with van der Waals surface area (Å²) in [6.07, 6.45) is 15.6. The highest BCUT2D eigenvalue weighted by molar-refractivity contribution is 5.38. The molecule has 120 valence electrons. The van der Waals surface area contributed by atoms with Crippen molar-refractivity contribution in [3.63, 3.8) is 0 Å². The van der Waals surface area contributed by atoms with E-state index >= 15 is 0 Å². The molecule has 0 aromatic rings. The second kappa shape index (κ2) is 3.86. The zero-order chi connectivity index (χ0) is 14.7. The van der Waals surface area contributed by atoms with E-state index < -0.39 is 0 Å². The van der Waals surface area contributed by atoms with Gasteiger partial charge in [-0.05, 0) is 111 Å². The van der Waals surface area contributed by atoms with Crippen LogP contribution in [0.3, 0.4) is 0 Å². The SMILES string of the molecule is CC12CC3CC(CC(C3)/C1=C1/C3CC4CC(C3)CC1(C)C4)C2. The van der Waals surface area contributed by atoms with E-state index in [1.807, 2.05) is 0 Å². The van der Waals surface area contributed by atoms with Crippen LogP contribution in [0, 0.1) is 46.3 Å². The summed E-state index contributed by atoms with van der Waals surface area (Å²) < 4.78 is 0. The van der Waals surface area contributed by atoms with Crippen LogP contribution in [0.25, 0.3) is 0 Å². The summed E-state index contributed by atoms with van der Waals surface area (Å²) in [5.74, 6) is 6.40. The van der Waals surface area contributed by atoms with Crippen molar-refractivity contribution in [2.75, 3.05) is 0 Å². The molecule has 8 aliphatic carbocycles. The summed E-state index contributed by atoms with van der Waals surface area (Å²) in [5.41, 5.74) is 5.40. The minimum Gasteiger partial charge on any atom is -0.0611 e. The summed E-state index contributed by atoms with van der Waals surface area (Å²) in [6.45, 7) is 5.38. The van der Waals surface area contributed by atoms with Crippen molar-refractivity contribution in [2.45, 2.75) is 78.1 Å². The standard InChI is InChI=1S/C22H32/c1-21-9-13-3-14(10-21)6-17(5-13)19(21)20-18-7-15-4-16(8-18)12-22(20,2)11-15/h13-18H,3-12H2,1-2H3/b20-19+. The van der Waals surface area contributed by atoms with Gasteiger partial charge in [-0.3, -0.25) is 0 Å². The maximum Gasteiger partial charge on any atom is -0.0105 e. The highest BCUT2D eigenvalue weighted by Gasteiger charge is 2.58. The number of rotatable bonds is 0. The molecule has 0 amide bonds. The summed E-state index contributed by atoms with van der Waals surface area (Å²) in [4.78, 5) is 0. The van der Waals surface area contributed by atoms with E-state index in [0.29, 0.717) is 10.8 Å². The van der Waals surface area contributed by atoms with Gasteiger partial charge >= 0.3 is 0 Å². The van der Waals surface area contributed by atoms with Crippen LogP contribution in [0.1, 0.15) is 78.1 Å². The Balaban J connectivity index is 1.53. The zero-order valence-electron chi connectivity index (χ0n) is 14.5. The van der Waals surface area contributed by atoms with Gasteiger partial charge in [0.25, 0.3) is 0 Å². The van der Waals surface area contributed by atoms with E-state index in [-0.39, 0.29) is 0 Å². The van der Waals surface area contributed by atoms with Crippen LogP contribution >= 0.6 is 0 Å². The second-order valence-corrected chi connectivity index (χ2v) is 11.0. The third-order valence-corrected chi connectivity index (χ3v) is 9.17. The minimum absolute atomic E-state index is 0.627. The molecule has 0 saturated heterocycles. The Morgan fingerprint density at radius 2 is 0.864 bits per heavy atom. The van der Waals surface area contributed by atoms with Crippen LogP contribution in [0.5, 0.6) is 0 Å². The predicted molar refractivity (Wildman–Crippen MR) is 90.4 cm³/mol. The van der Waals surface area contributed by atoms with Gasteiger partial charge < -0.3 is 0 Å². The molecule has 0 heterocycles. The predicted octanol–water partition coefficient (Wildman–Crippen LogP) is 5.98. The van der Waals surface area contributed by atoms with Crippen molar-refractivity contribution in [2.24, 2.45) is 46.3 Å². The lowest BCUT2D eigenvalue weighted by molar-refractivity contribution is -0.0175. The first-order valence-corrected chi connectivity index (χ1v) is 10.3. The lowest BCUT2D eigenvalue weighted by atomic mass is 9.41. The molecule has 0 nitrogen and oxygen atoms in total. The van der Waals surface area contributed by atoms with E-state index in [9.17, 15) is 0 Å². The molecule has 4 atom stereocenters. The molecule has 8 bridgehead atoms. The maximum absolute atomic E-state index is 2.69. The molecule has 8 saturated carbocycles. The molecule has 0 radical (unpaired) electrons. The van der Waals surface area contributed by atoms with Gasteiger partial charge in [-0.1, -0.05) is 25.0 Å². The van der Waals surface area contributed by atoms with Crippen LogP contribution in [-0.2, 0) is 0 Å². The zero-order valence-corrected chi connectivity index (χ0v) is 14.5. The fourth-order valence-electron chi connectivity index (χ4n) is 9.50. The Bertz CT molecular complexity index is 489. The van der Waals surface area contributed by atoms with Gasteiger partial charge in [-0.15, -0.1) is 0 Å². The third kappa shape index (κ3) is 1.51. The highest BCUT2D eigenvalue weighted by atomic mass is 14.6. The first-order chi connectivity index (χ1) is 10.5. The van der Waals surface area contributed by atoms with E-state index in [4.69, 9.17) is 0 Å². The van der Waals surface area contributed by atoms with Crippen LogP contribution in [0.2, 0.25) is 0 Å². The number of hydrogen-bond donors (Lipinski definition) is 0. The van der Waals surface area contributed by atoms with Crippen LogP contribution in [-0.4, -0.2) is 0 Å². The van der Waals surface area contributed by atoms with Crippen molar-refractivity contribution in [3.8, 4) is 0 Å². The van der Waals surface area contributed by atoms with Gasteiger partial charge in [0.05, 0.1) is 0 Å². The fraction of sp³-hybridized carbons (Fsp3) is 0.909. The van der Waals surface area contributed by atoms with Gasteiger partial charge in [0.1, 0.15) is 0 Å². The van der Waals surface area contributed by atoms with Gasteiger partial charge in [0.2, 0.25) is 0 Å². The molecule has 0 aromatic carbocycles. The molecule has 0 spiro atoms. The maximum atomic E-state index is 2.69. The third-order valence-electron chi connectivity index (χ3n) is 9.17. The summed E-state index contributed by atoms with van der Waals surface area (Å²) in [7, 11) is 0. The quantitative estimate of drug-likeness (QED) is 0.483. The first-order valence-electron chi connectivity index (χ1n) is 10.3. The molecule has 8 fully saturated rings. The molecule has 0 aliphatic heterocycles. The summed E-state index contributed by atoms with van der Waals surface area (Å²) >= 11 is 0. The number of hydrogen-bond acceptors (Lipinski definition) is 0. The van der Waals surface area contributed by atoms with Gasteiger partial charge in [-0.2, -0.15) is 0 Å². The molecule has 8 rings (SSSR count). The van der Waals surface area contributed by atoms with Gasteiger partial charge in [0, 0.05) is 0 Å². The first kappa shape index (κ1) is 13.1. The monoisotopic (exact) mass is 296 g/mol. The van der Waals surface area contributed by atoms with Crippen molar-refractivity contribution in [1.29, 1.82) is 0 Å². The van der Waals surface area contributed by atoms with Crippen LogP contribution in [0.4, 0.5) is 0 Å². The molecular formula is C22H32. The van der Waals surface area contributed by atoms with Gasteiger partial charge in [0.15, 0.2) is 0 Å². The normalized spacial score (nSPS) is 64.6. The Labute approximate surface area is 136 Å². The molecule has 0 aromatic heterocycles. The summed E-state index contributed by atoms with van der Waals surface area (Å²) in [6, 6.07) is 0. The van der Waals surface area contributed by atoms with Gasteiger partial charge in [-0.25, -0.2) is 0 Å². The fourth-order valence-corrected chi connectivity index (χ4v) is 9.50. The van der Waals surface area contributed by atoms with E-state index in [2.05, 4.69) is 25.0 Å². The van der Waals surface area contributed by atoms with Crippen LogP contribution in [0.15, 0.2) is 11.1 Å². The van der Waals surface area contributed by atoms with E-state index in [0.717, 1.165) is 35.5 Å². The molecule has 4 unspecified atom stereocenters. The molecule has 22 heavy (non-hydrogen) atoms. The van der Waals surface area contributed by atoms with Crippen LogP contribution < -0.4 is 0 Å². The van der Waals surface area contributed by atoms with Crippen molar-refractivity contribution >= 4 is 0 Å².